The van der Waals surface area contributed by atoms with Gasteiger partial charge in [0.05, 0.1) is 11.7 Å². The van der Waals surface area contributed by atoms with E-state index < -0.39 is 18.2 Å². The third kappa shape index (κ3) is 5.16. The Morgan fingerprint density at radius 1 is 0.970 bits per heavy atom. The Balaban J connectivity index is 1.70. The number of carbonyl (C=O) groups is 1. The molecule has 1 heterocycles. The molecule has 33 heavy (non-hydrogen) atoms. The van der Waals surface area contributed by atoms with E-state index in [0.717, 1.165) is 5.56 Å². The number of halogens is 4. The molecule has 0 unspecified atom stereocenters. The summed E-state index contributed by atoms with van der Waals surface area (Å²) in [5, 5.41) is 3.19. The maximum atomic E-state index is 13.5. The first-order valence-corrected chi connectivity index (χ1v) is 10.2. The largest absolute Gasteiger partial charge is 0.573 e. The average molecular weight is 456 g/mol. The summed E-state index contributed by atoms with van der Waals surface area (Å²) in [5.74, 6) is -1.23. The fraction of sp³-hybridized carbons (Fsp3) is 0.160. The van der Waals surface area contributed by atoms with Crippen molar-refractivity contribution in [3.63, 3.8) is 0 Å². The molecule has 0 fully saturated rings. The van der Waals surface area contributed by atoms with Gasteiger partial charge in [0.2, 0.25) is 0 Å². The van der Waals surface area contributed by atoms with Gasteiger partial charge in [-0.15, -0.1) is 13.2 Å². The summed E-state index contributed by atoms with van der Waals surface area (Å²) in [6.07, 6.45) is -3.19. The molecule has 0 bridgehead atoms. The van der Waals surface area contributed by atoms with Crippen molar-refractivity contribution >= 4 is 11.6 Å². The number of amides is 1. The van der Waals surface area contributed by atoms with Crippen LogP contribution >= 0.6 is 0 Å². The van der Waals surface area contributed by atoms with Crippen LogP contribution in [0.15, 0.2) is 90.6 Å². The van der Waals surface area contributed by atoms with Crippen LogP contribution in [0.5, 0.6) is 5.75 Å². The number of nitrogens with zero attached hydrogens (tertiary/aromatic N) is 1. The van der Waals surface area contributed by atoms with Gasteiger partial charge in [0.1, 0.15) is 11.6 Å². The molecule has 4 rings (SSSR count). The fourth-order valence-corrected chi connectivity index (χ4v) is 3.75. The van der Waals surface area contributed by atoms with Crippen molar-refractivity contribution in [2.75, 3.05) is 4.90 Å². The van der Waals surface area contributed by atoms with Crippen molar-refractivity contribution in [2.45, 2.75) is 25.4 Å². The molecule has 4 nitrogen and oxygen atoms in total. The van der Waals surface area contributed by atoms with E-state index in [9.17, 15) is 22.4 Å². The predicted octanol–water partition coefficient (Wildman–Crippen LogP) is 6.05. The number of rotatable bonds is 6. The summed E-state index contributed by atoms with van der Waals surface area (Å²) in [6, 6.07) is 19.4. The summed E-state index contributed by atoms with van der Waals surface area (Å²) in [5.41, 5.74) is 2.08. The molecule has 170 valence electrons. The molecule has 3 aromatic rings. The number of alkyl halides is 3. The molecule has 3 aromatic carbocycles. The van der Waals surface area contributed by atoms with Crippen molar-refractivity contribution in [3.8, 4) is 5.75 Å². The zero-order valence-electron chi connectivity index (χ0n) is 17.5. The highest BCUT2D eigenvalue weighted by molar-refractivity contribution is 6.08. The Morgan fingerprint density at radius 3 is 2.33 bits per heavy atom. The van der Waals surface area contributed by atoms with Gasteiger partial charge < -0.3 is 10.1 Å². The molecule has 0 spiro atoms. The van der Waals surface area contributed by atoms with Gasteiger partial charge in [0.25, 0.3) is 5.91 Å². The number of hydrogen-bond acceptors (Lipinski definition) is 3. The van der Waals surface area contributed by atoms with Crippen LogP contribution in [0, 0.1) is 5.82 Å². The topological polar surface area (TPSA) is 41.6 Å². The van der Waals surface area contributed by atoms with Crippen molar-refractivity contribution in [1.29, 1.82) is 0 Å². The Bertz CT molecular complexity index is 1160. The molecule has 1 N–H and O–H groups in total. The molecule has 0 radical (unpaired) electrons. The van der Waals surface area contributed by atoms with Crippen molar-refractivity contribution in [1.82, 2.24) is 5.32 Å². The minimum absolute atomic E-state index is 0.199. The van der Waals surface area contributed by atoms with Crippen molar-refractivity contribution in [2.24, 2.45) is 0 Å². The number of ether oxygens (including phenoxy) is 1. The first-order chi connectivity index (χ1) is 15.7. The maximum Gasteiger partial charge on any atom is 0.573 e. The Labute approximate surface area is 188 Å². The van der Waals surface area contributed by atoms with Crippen LogP contribution in [0.25, 0.3) is 0 Å². The van der Waals surface area contributed by atoms with Crippen LogP contribution in [0.1, 0.15) is 30.1 Å². The first kappa shape index (κ1) is 22.4. The van der Waals surface area contributed by atoms with E-state index in [2.05, 4.69) is 10.1 Å². The second-order valence-electron chi connectivity index (χ2n) is 7.57. The van der Waals surface area contributed by atoms with Gasteiger partial charge in [0, 0.05) is 11.7 Å². The van der Waals surface area contributed by atoms with Crippen LogP contribution in [0.3, 0.4) is 0 Å². The molecule has 8 heteroatoms. The lowest BCUT2D eigenvalue weighted by atomic mass is 10.1. The minimum atomic E-state index is -4.84. The van der Waals surface area contributed by atoms with Gasteiger partial charge in [-0.3, -0.25) is 9.69 Å². The molecule has 1 amide bonds. The monoisotopic (exact) mass is 456 g/mol. The minimum Gasteiger partial charge on any atom is -0.406 e. The van der Waals surface area contributed by atoms with Gasteiger partial charge in [-0.2, -0.15) is 0 Å². The lowest BCUT2D eigenvalue weighted by Gasteiger charge is -2.26. The molecule has 1 aliphatic heterocycles. The Morgan fingerprint density at radius 2 is 1.67 bits per heavy atom. The molecule has 1 aliphatic rings. The van der Waals surface area contributed by atoms with E-state index in [4.69, 9.17) is 0 Å². The fourth-order valence-electron chi connectivity index (χ4n) is 3.75. The quantitative estimate of drug-likeness (QED) is 0.460. The lowest BCUT2D eigenvalue weighted by molar-refractivity contribution is -0.274. The third-order valence-electron chi connectivity index (χ3n) is 5.26. The Kier molecular flexibility index (Phi) is 6.09. The second kappa shape index (κ2) is 8.97. The molecular weight excluding hydrogens is 436 g/mol. The van der Waals surface area contributed by atoms with Gasteiger partial charge in [-0.05, 0) is 60.5 Å². The highest BCUT2D eigenvalue weighted by Crippen LogP contribution is 2.37. The van der Waals surface area contributed by atoms with Gasteiger partial charge in [-0.25, -0.2) is 4.39 Å². The van der Waals surface area contributed by atoms with Crippen molar-refractivity contribution in [3.05, 3.63) is 108 Å². The molecule has 0 saturated heterocycles. The standard InChI is InChI=1S/C25H20F4N2O2/c1-16(17-6-3-2-4-7-17)30-22-15-23(18-8-5-9-21(14-18)33-25(27,28)29)31(24(22)32)20-12-10-19(26)11-13-20/h2-16,23,30H,1H3/t16-,23+/m1/s1. The summed E-state index contributed by atoms with van der Waals surface area (Å²) in [7, 11) is 0. The lowest BCUT2D eigenvalue weighted by Crippen LogP contribution is -2.33. The number of nitrogens with one attached hydrogen (secondary N) is 1. The molecular formula is C25H20F4N2O2. The zero-order chi connectivity index (χ0) is 23.6. The highest BCUT2D eigenvalue weighted by Gasteiger charge is 2.36. The average Bonchev–Trinajstić information content (AvgIpc) is 3.10. The van der Waals surface area contributed by atoms with Gasteiger partial charge in [0.15, 0.2) is 0 Å². The van der Waals surface area contributed by atoms with Crippen LogP contribution < -0.4 is 15.0 Å². The van der Waals surface area contributed by atoms with Crippen molar-refractivity contribution < 1.29 is 27.1 Å². The summed E-state index contributed by atoms with van der Waals surface area (Å²) in [6.45, 7) is 1.90. The Hall–Kier alpha value is -3.81. The number of anilines is 1. The SMILES string of the molecule is C[C@@H](NC1=C[C@@H](c2cccc(OC(F)(F)F)c2)N(c2ccc(F)cc2)C1=O)c1ccccc1. The van der Waals surface area contributed by atoms with Crippen LogP contribution in [0.4, 0.5) is 23.2 Å². The van der Waals surface area contributed by atoms with E-state index in [1.807, 2.05) is 37.3 Å². The van der Waals surface area contributed by atoms with E-state index in [0.29, 0.717) is 16.9 Å². The van der Waals surface area contributed by atoms with Crippen LogP contribution in [-0.2, 0) is 4.79 Å². The highest BCUT2D eigenvalue weighted by atomic mass is 19.4. The predicted molar refractivity (Wildman–Crippen MR) is 116 cm³/mol. The number of carbonyl (C=O) groups excluding carboxylic acids is 1. The molecule has 0 aliphatic carbocycles. The molecule has 0 aromatic heterocycles. The van der Waals surface area contributed by atoms with Crippen LogP contribution in [0.2, 0.25) is 0 Å². The first-order valence-electron chi connectivity index (χ1n) is 10.2. The van der Waals surface area contributed by atoms with E-state index in [-0.39, 0.29) is 17.7 Å². The van der Waals surface area contributed by atoms with E-state index >= 15 is 0 Å². The molecule has 2 atom stereocenters. The van der Waals surface area contributed by atoms with Crippen LogP contribution in [-0.4, -0.2) is 12.3 Å². The zero-order valence-corrected chi connectivity index (χ0v) is 17.5. The van der Waals surface area contributed by atoms with Gasteiger partial charge in [-0.1, -0.05) is 42.5 Å². The summed E-state index contributed by atoms with van der Waals surface area (Å²) in [4.78, 5) is 14.8. The molecule has 0 saturated carbocycles. The van der Waals surface area contributed by atoms with E-state index in [1.165, 1.54) is 47.4 Å². The summed E-state index contributed by atoms with van der Waals surface area (Å²) >= 11 is 0. The van der Waals surface area contributed by atoms with Gasteiger partial charge >= 0.3 is 6.36 Å². The van der Waals surface area contributed by atoms with E-state index in [1.54, 1.807) is 12.1 Å². The summed E-state index contributed by atoms with van der Waals surface area (Å²) < 4.78 is 55.7. The third-order valence-corrected chi connectivity index (χ3v) is 5.26. The normalized spacial score (nSPS) is 17.0. The number of benzene rings is 3. The number of hydrogen-bond donors (Lipinski definition) is 1. The maximum absolute atomic E-state index is 13.5. The smallest absolute Gasteiger partial charge is 0.406 e. The second-order valence-corrected chi connectivity index (χ2v) is 7.57.